The molecule has 6 heteroatoms. The van der Waals surface area contributed by atoms with Crippen molar-refractivity contribution < 1.29 is 9.53 Å². The first-order chi connectivity index (χ1) is 9.26. The zero-order chi connectivity index (χ0) is 13.2. The Morgan fingerprint density at radius 1 is 1.37 bits per heavy atom. The van der Waals surface area contributed by atoms with Crippen LogP contribution in [0.1, 0.15) is 21.3 Å². The van der Waals surface area contributed by atoms with E-state index >= 15 is 0 Å². The number of hydrogen-bond donors (Lipinski definition) is 1. The van der Waals surface area contributed by atoms with Crippen molar-refractivity contribution in [3.8, 4) is 0 Å². The highest BCUT2D eigenvalue weighted by atomic mass is 32.1. The Labute approximate surface area is 113 Å². The minimum atomic E-state index is -0.410. The molecule has 0 fully saturated rings. The van der Waals surface area contributed by atoms with E-state index in [0.29, 0.717) is 12.1 Å². The fraction of sp³-hybridized carbons (Fsp3) is 0.154. The van der Waals surface area contributed by atoms with Gasteiger partial charge in [0.25, 0.3) is 0 Å². The van der Waals surface area contributed by atoms with Crippen LogP contribution in [0, 0.1) is 0 Å². The van der Waals surface area contributed by atoms with E-state index in [2.05, 4.69) is 19.7 Å². The predicted molar refractivity (Wildman–Crippen MR) is 72.4 cm³/mol. The molecule has 96 valence electrons. The highest BCUT2D eigenvalue weighted by Crippen LogP contribution is 2.16. The van der Waals surface area contributed by atoms with Gasteiger partial charge in [-0.05, 0) is 12.1 Å². The summed E-state index contributed by atoms with van der Waals surface area (Å²) in [5, 5.41) is 2.53. The van der Waals surface area contributed by atoms with Crippen molar-refractivity contribution in [3.63, 3.8) is 0 Å². The van der Waals surface area contributed by atoms with Crippen LogP contribution in [-0.2, 0) is 11.2 Å². The summed E-state index contributed by atoms with van der Waals surface area (Å²) < 4.78 is 4.63. The molecule has 5 nitrogen and oxygen atoms in total. The van der Waals surface area contributed by atoms with Gasteiger partial charge in [-0.1, -0.05) is 12.1 Å². The van der Waals surface area contributed by atoms with Gasteiger partial charge in [-0.3, -0.25) is 0 Å². The smallest absolute Gasteiger partial charge is 0.357 e. The number of aromatic nitrogens is 3. The summed E-state index contributed by atoms with van der Waals surface area (Å²) in [5.41, 5.74) is 2.28. The molecular weight excluding hydrogens is 262 g/mol. The fourth-order valence-electron chi connectivity index (χ4n) is 1.82. The van der Waals surface area contributed by atoms with Crippen LogP contribution in [-0.4, -0.2) is 28.0 Å². The number of thiazole rings is 1. The number of nitrogens with one attached hydrogen (secondary N) is 1. The molecule has 3 aromatic rings. The van der Waals surface area contributed by atoms with Gasteiger partial charge in [0.2, 0.25) is 0 Å². The normalized spacial score (nSPS) is 10.8. The predicted octanol–water partition coefficient (Wildman–Crippen LogP) is 2.40. The summed E-state index contributed by atoms with van der Waals surface area (Å²) in [6.07, 6.45) is 0.580. The summed E-state index contributed by atoms with van der Waals surface area (Å²) in [6, 6.07) is 7.85. The third-order valence-electron chi connectivity index (χ3n) is 2.70. The van der Waals surface area contributed by atoms with Gasteiger partial charge in [0, 0.05) is 5.38 Å². The molecule has 0 spiro atoms. The van der Waals surface area contributed by atoms with E-state index in [-0.39, 0.29) is 0 Å². The van der Waals surface area contributed by atoms with Crippen molar-refractivity contribution in [3.05, 3.63) is 46.2 Å². The number of H-pyrrole nitrogens is 1. The Morgan fingerprint density at radius 3 is 3.00 bits per heavy atom. The fourth-order valence-corrected chi connectivity index (χ4v) is 2.59. The molecule has 0 saturated heterocycles. The number of nitrogens with zero attached hydrogens (tertiary/aromatic N) is 2. The lowest BCUT2D eigenvalue weighted by Gasteiger charge is -1.92. The first-order valence-corrected chi connectivity index (χ1v) is 6.60. The van der Waals surface area contributed by atoms with Crippen molar-refractivity contribution in [2.24, 2.45) is 0 Å². The van der Waals surface area contributed by atoms with E-state index in [9.17, 15) is 4.79 Å². The van der Waals surface area contributed by atoms with Crippen LogP contribution in [0.2, 0.25) is 0 Å². The Bertz CT molecular complexity index is 699. The molecule has 0 atom stereocenters. The molecule has 19 heavy (non-hydrogen) atoms. The second-order valence-electron chi connectivity index (χ2n) is 4.00. The highest BCUT2D eigenvalue weighted by Gasteiger charge is 2.12. The number of imidazole rings is 1. The second kappa shape index (κ2) is 4.81. The maximum Gasteiger partial charge on any atom is 0.357 e. The van der Waals surface area contributed by atoms with Crippen molar-refractivity contribution in [2.75, 3.05) is 7.11 Å². The summed E-state index contributed by atoms with van der Waals surface area (Å²) in [6.45, 7) is 0. The maximum atomic E-state index is 11.3. The van der Waals surface area contributed by atoms with Crippen LogP contribution in [0.15, 0.2) is 29.6 Å². The van der Waals surface area contributed by atoms with E-state index in [1.807, 2.05) is 24.3 Å². The number of fused-ring (bicyclic) bond motifs is 1. The van der Waals surface area contributed by atoms with Gasteiger partial charge in [-0.2, -0.15) is 0 Å². The monoisotopic (exact) mass is 273 g/mol. The summed E-state index contributed by atoms with van der Waals surface area (Å²) in [5.74, 6) is 0.430. The molecule has 0 aliphatic rings. The number of carbonyl (C=O) groups is 1. The molecule has 2 heterocycles. The summed E-state index contributed by atoms with van der Waals surface area (Å²) >= 11 is 1.43. The molecule has 0 bridgehead atoms. The lowest BCUT2D eigenvalue weighted by Crippen LogP contribution is -2.01. The average Bonchev–Trinajstić information content (AvgIpc) is 3.04. The molecule has 1 aromatic carbocycles. The Balaban J connectivity index is 1.84. The second-order valence-corrected chi connectivity index (χ2v) is 4.94. The molecule has 0 amide bonds. The minimum absolute atomic E-state index is 0.346. The number of ether oxygens (including phenoxy) is 1. The van der Waals surface area contributed by atoms with Gasteiger partial charge >= 0.3 is 5.97 Å². The highest BCUT2D eigenvalue weighted by molar-refractivity contribution is 7.09. The van der Waals surface area contributed by atoms with Gasteiger partial charge < -0.3 is 9.72 Å². The van der Waals surface area contributed by atoms with Crippen molar-refractivity contribution in [2.45, 2.75) is 6.42 Å². The number of aromatic amines is 1. The standard InChI is InChI=1S/C13H11N3O2S/c1-18-13(17)10-7-19-12(16-10)6-11-14-8-4-2-3-5-9(8)15-11/h2-5,7H,6H2,1H3,(H,14,15). The molecule has 1 N–H and O–H groups in total. The minimum Gasteiger partial charge on any atom is -0.464 e. The lowest BCUT2D eigenvalue weighted by molar-refractivity contribution is 0.0594. The molecule has 0 aliphatic heterocycles. The number of hydrogen-bond acceptors (Lipinski definition) is 5. The van der Waals surface area contributed by atoms with E-state index in [1.54, 1.807) is 5.38 Å². The molecule has 2 aromatic heterocycles. The summed E-state index contributed by atoms with van der Waals surface area (Å²) in [4.78, 5) is 23.3. The van der Waals surface area contributed by atoms with Crippen LogP contribution in [0.4, 0.5) is 0 Å². The Morgan fingerprint density at radius 2 is 2.21 bits per heavy atom. The van der Waals surface area contributed by atoms with E-state index in [1.165, 1.54) is 18.4 Å². The van der Waals surface area contributed by atoms with Crippen molar-refractivity contribution in [1.29, 1.82) is 0 Å². The van der Waals surface area contributed by atoms with Crippen molar-refractivity contribution in [1.82, 2.24) is 15.0 Å². The van der Waals surface area contributed by atoms with Crippen LogP contribution in [0.5, 0.6) is 0 Å². The first kappa shape index (κ1) is 11.9. The third-order valence-corrected chi connectivity index (χ3v) is 3.55. The van der Waals surface area contributed by atoms with Crippen LogP contribution in [0.3, 0.4) is 0 Å². The van der Waals surface area contributed by atoms with E-state index < -0.39 is 5.97 Å². The van der Waals surface area contributed by atoms with Gasteiger partial charge in [0.15, 0.2) is 5.69 Å². The number of carbonyl (C=O) groups excluding carboxylic acids is 1. The molecule has 0 aliphatic carbocycles. The zero-order valence-corrected chi connectivity index (χ0v) is 11.0. The Hall–Kier alpha value is -2.21. The molecule has 3 rings (SSSR count). The third kappa shape index (κ3) is 2.34. The van der Waals surface area contributed by atoms with E-state index in [4.69, 9.17) is 0 Å². The topological polar surface area (TPSA) is 67.9 Å². The van der Waals surface area contributed by atoms with Crippen LogP contribution < -0.4 is 0 Å². The molecule has 0 unspecified atom stereocenters. The zero-order valence-electron chi connectivity index (χ0n) is 10.2. The van der Waals surface area contributed by atoms with Gasteiger partial charge in [-0.25, -0.2) is 14.8 Å². The molecule has 0 saturated carbocycles. The average molecular weight is 273 g/mol. The number of methoxy groups -OCH3 is 1. The molecular formula is C13H11N3O2S. The van der Waals surface area contributed by atoms with Crippen LogP contribution in [0.25, 0.3) is 11.0 Å². The largest absolute Gasteiger partial charge is 0.464 e. The molecule has 0 radical (unpaired) electrons. The number of para-hydroxylation sites is 2. The SMILES string of the molecule is COC(=O)c1csc(Cc2nc3ccccc3[nH]2)n1. The number of esters is 1. The van der Waals surface area contributed by atoms with Gasteiger partial charge in [0.1, 0.15) is 10.8 Å². The quantitative estimate of drug-likeness (QED) is 0.744. The van der Waals surface area contributed by atoms with Gasteiger partial charge in [0.05, 0.1) is 24.6 Å². The van der Waals surface area contributed by atoms with Crippen molar-refractivity contribution >= 4 is 28.3 Å². The lowest BCUT2D eigenvalue weighted by atomic mass is 10.3. The number of benzene rings is 1. The first-order valence-electron chi connectivity index (χ1n) is 5.72. The van der Waals surface area contributed by atoms with Crippen LogP contribution >= 0.6 is 11.3 Å². The van der Waals surface area contributed by atoms with Gasteiger partial charge in [-0.15, -0.1) is 11.3 Å². The summed E-state index contributed by atoms with van der Waals surface area (Å²) in [7, 11) is 1.35. The van der Waals surface area contributed by atoms with E-state index in [0.717, 1.165) is 21.9 Å². The number of rotatable bonds is 3. The maximum absolute atomic E-state index is 11.3. The Kier molecular flexibility index (Phi) is 3.00.